The molecular weight excluding hydrogens is 216 g/mol. The largest absolute Gasteiger partial charge is 0.387 e. The summed E-state index contributed by atoms with van der Waals surface area (Å²) in [6.07, 6.45) is -5.60. The standard InChI is InChI=1S/C10H18O6/c1-10(2)15-8-6(13)4(11)5(12)7(14-3)9(8)16-10/h4-9,11-13H,1-3H3/t4-,5+,6+,7-,8-,9+/m1/s1. The Kier molecular flexibility index (Phi) is 2.98. The van der Waals surface area contributed by atoms with E-state index in [4.69, 9.17) is 14.2 Å². The molecule has 1 saturated heterocycles. The molecule has 0 amide bonds. The summed E-state index contributed by atoms with van der Waals surface area (Å²) < 4.78 is 16.2. The molecule has 6 atom stereocenters. The molecule has 6 heteroatoms. The highest BCUT2D eigenvalue weighted by molar-refractivity contribution is 5.04. The lowest BCUT2D eigenvalue weighted by Crippen LogP contribution is -2.63. The molecule has 0 spiro atoms. The number of aliphatic hydroxyl groups excluding tert-OH is 3. The van der Waals surface area contributed by atoms with Gasteiger partial charge in [-0.1, -0.05) is 0 Å². The summed E-state index contributed by atoms with van der Waals surface area (Å²) in [6.45, 7) is 3.42. The Hall–Kier alpha value is -0.240. The fourth-order valence-electron chi connectivity index (χ4n) is 2.39. The zero-order chi connectivity index (χ0) is 12.1. The molecule has 0 bridgehead atoms. The Morgan fingerprint density at radius 3 is 2.06 bits per heavy atom. The van der Waals surface area contributed by atoms with Gasteiger partial charge in [-0.25, -0.2) is 0 Å². The van der Waals surface area contributed by atoms with Gasteiger partial charge in [-0.05, 0) is 13.8 Å². The molecule has 0 unspecified atom stereocenters. The van der Waals surface area contributed by atoms with Crippen LogP contribution in [0.25, 0.3) is 0 Å². The zero-order valence-corrected chi connectivity index (χ0v) is 9.53. The van der Waals surface area contributed by atoms with Crippen molar-refractivity contribution in [3.05, 3.63) is 0 Å². The smallest absolute Gasteiger partial charge is 0.164 e. The van der Waals surface area contributed by atoms with Gasteiger partial charge >= 0.3 is 0 Å². The Labute approximate surface area is 93.7 Å². The van der Waals surface area contributed by atoms with Gasteiger partial charge in [0.25, 0.3) is 0 Å². The second-order valence-corrected chi connectivity index (χ2v) is 4.74. The van der Waals surface area contributed by atoms with Crippen molar-refractivity contribution in [2.75, 3.05) is 7.11 Å². The van der Waals surface area contributed by atoms with E-state index in [-0.39, 0.29) is 0 Å². The molecule has 2 aliphatic rings. The summed E-state index contributed by atoms with van der Waals surface area (Å²) in [4.78, 5) is 0. The normalized spacial score (nSPS) is 51.4. The van der Waals surface area contributed by atoms with Crippen molar-refractivity contribution in [1.29, 1.82) is 0 Å². The predicted octanol–water partition coefficient (Wildman–Crippen LogP) is -1.38. The third kappa shape index (κ3) is 1.75. The van der Waals surface area contributed by atoms with Crippen LogP contribution in [0.15, 0.2) is 0 Å². The van der Waals surface area contributed by atoms with Crippen LogP contribution in [0.1, 0.15) is 13.8 Å². The second-order valence-electron chi connectivity index (χ2n) is 4.74. The molecule has 0 aromatic rings. The maximum absolute atomic E-state index is 9.79. The van der Waals surface area contributed by atoms with Crippen molar-refractivity contribution in [3.63, 3.8) is 0 Å². The number of hydrogen-bond donors (Lipinski definition) is 3. The van der Waals surface area contributed by atoms with Gasteiger partial charge in [0.05, 0.1) is 0 Å². The number of aliphatic hydroxyl groups is 3. The van der Waals surface area contributed by atoms with Crippen LogP contribution in [0.5, 0.6) is 0 Å². The molecule has 1 heterocycles. The number of ether oxygens (including phenoxy) is 3. The second kappa shape index (κ2) is 3.90. The summed E-state index contributed by atoms with van der Waals surface area (Å²) >= 11 is 0. The highest BCUT2D eigenvalue weighted by atomic mass is 16.8. The third-order valence-corrected chi connectivity index (χ3v) is 3.13. The lowest BCUT2D eigenvalue weighted by atomic mass is 9.85. The van der Waals surface area contributed by atoms with Crippen molar-refractivity contribution in [2.45, 2.75) is 56.3 Å². The van der Waals surface area contributed by atoms with Gasteiger partial charge < -0.3 is 29.5 Å². The van der Waals surface area contributed by atoms with Gasteiger partial charge in [0, 0.05) is 7.11 Å². The van der Waals surface area contributed by atoms with Gasteiger partial charge in [0.15, 0.2) is 5.79 Å². The molecule has 1 aliphatic heterocycles. The van der Waals surface area contributed by atoms with Crippen LogP contribution in [-0.2, 0) is 14.2 Å². The number of hydrogen-bond acceptors (Lipinski definition) is 6. The molecule has 2 rings (SSSR count). The van der Waals surface area contributed by atoms with E-state index in [2.05, 4.69) is 0 Å². The van der Waals surface area contributed by atoms with Crippen LogP contribution in [0.2, 0.25) is 0 Å². The molecule has 1 aliphatic carbocycles. The maximum Gasteiger partial charge on any atom is 0.164 e. The molecule has 16 heavy (non-hydrogen) atoms. The Morgan fingerprint density at radius 2 is 1.50 bits per heavy atom. The molecule has 6 nitrogen and oxygen atoms in total. The fourth-order valence-corrected chi connectivity index (χ4v) is 2.39. The SMILES string of the molecule is CO[C@@H]1[C@@H](O)[C@@H](O)[C@H](O)[C@H]2OC(C)(C)O[C@@H]12. The minimum Gasteiger partial charge on any atom is -0.387 e. The minimum atomic E-state index is -1.29. The maximum atomic E-state index is 9.79. The average Bonchev–Trinajstić information content (AvgIpc) is 2.52. The molecular formula is C10H18O6. The van der Waals surface area contributed by atoms with Crippen molar-refractivity contribution < 1.29 is 29.5 Å². The van der Waals surface area contributed by atoms with Crippen LogP contribution in [0, 0.1) is 0 Å². The first-order valence-electron chi connectivity index (χ1n) is 5.30. The lowest BCUT2D eigenvalue weighted by Gasteiger charge is -2.40. The summed E-state index contributed by atoms with van der Waals surface area (Å²) in [5.41, 5.74) is 0. The Bertz CT molecular complexity index is 268. The molecule has 94 valence electrons. The molecule has 3 N–H and O–H groups in total. The van der Waals surface area contributed by atoms with Gasteiger partial charge in [0.2, 0.25) is 0 Å². The van der Waals surface area contributed by atoms with E-state index in [1.165, 1.54) is 7.11 Å². The van der Waals surface area contributed by atoms with Gasteiger partial charge in [-0.15, -0.1) is 0 Å². The quantitative estimate of drug-likeness (QED) is 0.518. The topological polar surface area (TPSA) is 88.4 Å². The van der Waals surface area contributed by atoms with E-state index in [0.717, 1.165) is 0 Å². The molecule has 2 fully saturated rings. The summed E-state index contributed by atoms with van der Waals surface area (Å²) in [5.74, 6) is -0.850. The summed E-state index contributed by atoms with van der Waals surface area (Å²) in [5, 5.41) is 29.2. The first kappa shape index (κ1) is 12.2. The van der Waals surface area contributed by atoms with E-state index in [1.807, 2.05) is 0 Å². The van der Waals surface area contributed by atoms with E-state index in [9.17, 15) is 15.3 Å². The number of methoxy groups -OCH3 is 1. The third-order valence-electron chi connectivity index (χ3n) is 3.13. The minimum absolute atomic E-state index is 0.576. The van der Waals surface area contributed by atoms with Crippen molar-refractivity contribution >= 4 is 0 Å². The van der Waals surface area contributed by atoms with Crippen molar-refractivity contribution in [1.82, 2.24) is 0 Å². The Balaban J connectivity index is 2.25. The van der Waals surface area contributed by atoms with Crippen molar-refractivity contribution in [3.8, 4) is 0 Å². The molecule has 1 saturated carbocycles. The first-order chi connectivity index (χ1) is 7.37. The van der Waals surface area contributed by atoms with Gasteiger partial charge in [-0.3, -0.25) is 0 Å². The van der Waals surface area contributed by atoms with Crippen LogP contribution in [0.3, 0.4) is 0 Å². The molecule has 0 radical (unpaired) electrons. The van der Waals surface area contributed by atoms with Crippen molar-refractivity contribution in [2.24, 2.45) is 0 Å². The highest BCUT2D eigenvalue weighted by Crippen LogP contribution is 2.38. The molecule has 0 aromatic heterocycles. The van der Waals surface area contributed by atoms with Gasteiger partial charge in [-0.2, -0.15) is 0 Å². The average molecular weight is 234 g/mol. The summed E-state index contributed by atoms with van der Waals surface area (Å²) in [7, 11) is 1.42. The molecule has 0 aromatic carbocycles. The van der Waals surface area contributed by atoms with Gasteiger partial charge in [0.1, 0.15) is 36.6 Å². The van der Waals surface area contributed by atoms with E-state index < -0.39 is 42.4 Å². The monoisotopic (exact) mass is 234 g/mol. The van der Waals surface area contributed by atoms with Crippen LogP contribution in [0.4, 0.5) is 0 Å². The zero-order valence-electron chi connectivity index (χ0n) is 9.53. The lowest BCUT2D eigenvalue weighted by molar-refractivity contribution is -0.199. The number of rotatable bonds is 1. The van der Waals surface area contributed by atoms with Crippen LogP contribution in [-0.4, -0.2) is 64.8 Å². The predicted molar refractivity (Wildman–Crippen MR) is 52.6 cm³/mol. The number of fused-ring (bicyclic) bond motifs is 1. The Morgan fingerprint density at radius 1 is 0.938 bits per heavy atom. The van der Waals surface area contributed by atoms with E-state index >= 15 is 0 Å². The van der Waals surface area contributed by atoms with Crippen LogP contribution < -0.4 is 0 Å². The van der Waals surface area contributed by atoms with Crippen LogP contribution >= 0.6 is 0 Å². The fraction of sp³-hybridized carbons (Fsp3) is 1.00. The van der Waals surface area contributed by atoms with E-state index in [1.54, 1.807) is 13.8 Å². The van der Waals surface area contributed by atoms with E-state index in [0.29, 0.717) is 0 Å². The summed E-state index contributed by atoms with van der Waals surface area (Å²) in [6, 6.07) is 0. The first-order valence-corrected chi connectivity index (χ1v) is 5.30. The highest BCUT2D eigenvalue weighted by Gasteiger charge is 2.57.